The summed E-state index contributed by atoms with van der Waals surface area (Å²) in [7, 11) is 2.24. The highest BCUT2D eigenvalue weighted by molar-refractivity contribution is 5.01. The second kappa shape index (κ2) is 5.48. The van der Waals surface area contributed by atoms with Crippen LogP contribution in [0.4, 0.5) is 0 Å². The first kappa shape index (κ1) is 14.3. The lowest BCUT2D eigenvalue weighted by Crippen LogP contribution is -2.65. The molecule has 2 fully saturated rings. The Balaban J connectivity index is 2.15. The molecule has 1 aliphatic carbocycles. The molecule has 2 N–H and O–H groups in total. The average Bonchev–Trinajstić information content (AvgIpc) is 2.36. The molecular formula is C15H31N3. The Morgan fingerprint density at radius 2 is 1.89 bits per heavy atom. The Morgan fingerprint density at radius 1 is 1.17 bits per heavy atom. The minimum Gasteiger partial charge on any atom is -0.329 e. The van der Waals surface area contributed by atoms with Gasteiger partial charge in [-0.1, -0.05) is 20.3 Å². The minimum atomic E-state index is 0.271. The number of piperazine rings is 1. The standard InChI is InChI=1S/C15H31N3/c1-12-5-6-13(2)15(9-12,11-16)18-8-7-17(4)14(3)10-18/h12-14H,5-11,16H2,1-4H3. The molecule has 2 aliphatic rings. The molecule has 3 heteroatoms. The number of rotatable bonds is 2. The third-order valence-corrected chi connectivity index (χ3v) is 5.65. The van der Waals surface area contributed by atoms with E-state index in [0.717, 1.165) is 18.4 Å². The normalized spacial score (nSPS) is 44.2. The van der Waals surface area contributed by atoms with Gasteiger partial charge in [-0.3, -0.25) is 4.90 Å². The summed E-state index contributed by atoms with van der Waals surface area (Å²) in [6.45, 7) is 11.5. The lowest BCUT2D eigenvalue weighted by Gasteiger charge is -2.55. The maximum Gasteiger partial charge on any atom is 0.0360 e. The van der Waals surface area contributed by atoms with Gasteiger partial charge in [0.15, 0.2) is 0 Å². The van der Waals surface area contributed by atoms with Crippen LogP contribution in [0.3, 0.4) is 0 Å². The van der Waals surface area contributed by atoms with Gasteiger partial charge in [-0.05, 0) is 38.6 Å². The van der Waals surface area contributed by atoms with E-state index in [4.69, 9.17) is 5.73 Å². The Labute approximate surface area is 113 Å². The summed E-state index contributed by atoms with van der Waals surface area (Å²) >= 11 is 0. The molecule has 2 rings (SSSR count). The van der Waals surface area contributed by atoms with Gasteiger partial charge in [-0.2, -0.15) is 0 Å². The van der Waals surface area contributed by atoms with Crippen LogP contribution in [-0.2, 0) is 0 Å². The largest absolute Gasteiger partial charge is 0.329 e. The fourth-order valence-electron chi connectivity index (χ4n) is 4.02. The molecule has 0 aromatic carbocycles. The zero-order valence-corrected chi connectivity index (χ0v) is 12.7. The topological polar surface area (TPSA) is 32.5 Å². The summed E-state index contributed by atoms with van der Waals surface area (Å²) in [5, 5.41) is 0. The maximum atomic E-state index is 6.25. The molecule has 0 amide bonds. The summed E-state index contributed by atoms with van der Waals surface area (Å²) in [6.07, 6.45) is 4.02. The summed E-state index contributed by atoms with van der Waals surface area (Å²) in [4.78, 5) is 5.19. The van der Waals surface area contributed by atoms with Crippen molar-refractivity contribution in [2.45, 2.75) is 51.6 Å². The molecule has 1 heterocycles. The molecule has 4 unspecified atom stereocenters. The van der Waals surface area contributed by atoms with E-state index in [1.165, 1.54) is 38.9 Å². The molecule has 1 saturated heterocycles. The molecular weight excluding hydrogens is 222 g/mol. The van der Waals surface area contributed by atoms with Gasteiger partial charge in [0.1, 0.15) is 0 Å². The van der Waals surface area contributed by atoms with Crippen LogP contribution in [0.1, 0.15) is 40.0 Å². The second-order valence-corrected chi connectivity index (χ2v) is 6.87. The highest BCUT2D eigenvalue weighted by Crippen LogP contribution is 2.41. The minimum absolute atomic E-state index is 0.271. The number of hydrogen-bond acceptors (Lipinski definition) is 3. The number of hydrogen-bond donors (Lipinski definition) is 1. The van der Waals surface area contributed by atoms with E-state index in [0.29, 0.717) is 6.04 Å². The molecule has 4 atom stereocenters. The molecule has 0 aromatic heterocycles. The van der Waals surface area contributed by atoms with Crippen molar-refractivity contribution in [3.8, 4) is 0 Å². The monoisotopic (exact) mass is 253 g/mol. The molecule has 0 spiro atoms. The smallest absolute Gasteiger partial charge is 0.0360 e. The first-order chi connectivity index (χ1) is 8.49. The zero-order valence-electron chi connectivity index (χ0n) is 12.7. The molecule has 106 valence electrons. The van der Waals surface area contributed by atoms with E-state index < -0.39 is 0 Å². The Kier molecular flexibility index (Phi) is 4.35. The highest BCUT2D eigenvalue weighted by Gasteiger charge is 2.45. The molecule has 3 nitrogen and oxygen atoms in total. The van der Waals surface area contributed by atoms with Crippen LogP contribution < -0.4 is 5.73 Å². The van der Waals surface area contributed by atoms with Crippen LogP contribution in [0, 0.1) is 11.8 Å². The fraction of sp³-hybridized carbons (Fsp3) is 1.00. The number of likely N-dealkylation sites (N-methyl/N-ethyl adjacent to an activating group) is 1. The van der Waals surface area contributed by atoms with Crippen LogP contribution in [0.2, 0.25) is 0 Å². The van der Waals surface area contributed by atoms with Gasteiger partial charge in [0, 0.05) is 37.8 Å². The summed E-state index contributed by atoms with van der Waals surface area (Å²) in [5.74, 6) is 1.58. The van der Waals surface area contributed by atoms with Crippen molar-refractivity contribution in [2.24, 2.45) is 17.6 Å². The summed E-state index contributed by atoms with van der Waals surface area (Å²) in [6, 6.07) is 0.659. The lowest BCUT2D eigenvalue weighted by atomic mass is 9.68. The van der Waals surface area contributed by atoms with E-state index in [2.05, 4.69) is 37.6 Å². The Hall–Kier alpha value is -0.120. The van der Waals surface area contributed by atoms with Gasteiger partial charge in [0.05, 0.1) is 0 Å². The Bertz CT molecular complexity index is 281. The van der Waals surface area contributed by atoms with Gasteiger partial charge in [-0.15, -0.1) is 0 Å². The second-order valence-electron chi connectivity index (χ2n) is 6.87. The Morgan fingerprint density at radius 3 is 2.50 bits per heavy atom. The van der Waals surface area contributed by atoms with E-state index in [-0.39, 0.29) is 5.54 Å². The fourth-order valence-corrected chi connectivity index (χ4v) is 4.02. The van der Waals surface area contributed by atoms with Crippen LogP contribution >= 0.6 is 0 Å². The van der Waals surface area contributed by atoms with Crippen molar-refractivity contribution < 1.29 is 0 Å². The molecule has 0 radical (unpaired) electrons. The third kappa shape index (κ3) is 2.45. The summed E-state index contributed by atoms with van der Waals surface area (Å²) < 4.78 is 0. The third-order valence-electron chi connectivity index (χ3n) is 5.65. The summed E-state index contributed by atoms with van der Waals surface area (Å²) in [5.41, 5.74) is 6.52. The van der Waals surface area contributed by atoms with E-state index >= 15 is 0 Å². The molecule has 1 aliphatic heterocycles. The van der Waals surface area contributed by atoms with Gasteiger partial charge in [0.25, 0.3) is 0 Å². The van der Waals surface area contributed by atoms with Crippen LogP contribution in [0.15, 0.2) is 0 Å². The highest BCUT2D eigenvalue weighted by atomic mass is 15.3. The quantitative estimate of drug-likeness (QED) is 0.814. The zero-order chi connectivity index (χ0) is 13.3. The lowest BCUT2D eigenvalue weighted by molar-refractivity contribution is -0.0425. The van der Waals surface area contributed by atoms with E-state index in [1.807, 2.05) is 0 Å². The van der Waals surface area contributed by atoms with Crippen molar-refractivity contribution >= 4 is 0 Å². The van der Waals surface area contributed by atoms with Gasteiger partial charge in [-0.25, -0.2) is 0 Å². The van der Waals surface area contributed by atoms with E-state index in [1.54, 1.807) is 0 Å². The van der Waals surface area contributed by atoms with Gasteiger partial charge >= 0.3 is 0 Å². The first-order valence-electron chi connectivity index (χ1n) is 7.65. The predicted molar refractivity (Wildman–Crippen MR) is 77.6 cm³/mol. The van der Waals surface area contributed by atoms with E-state index in [9.17, 15) is 0 Å². The van der Waals surface area contributed by atoms with Gasteiger partial charge in [0.2, 0.25) is 0 Å². The average molecular weight is 253 g/mol. The van der Waals surface area contributed by atoms with Crippen LogP contribution in [0.25, 0.3) is 0 Å². The predicted octanol–water partition coefficient (Wildman–Crippen LogP) is 1.78. The molecule has 18 heavy (non-hydrogen) atoms. The molecule has 1 saturated carbocycles. The number of nitrogens with two attached hydrogens (primary N) is 1. The molecule has 0 bridgehead atoms. The first-order valence-corrected chi connectivity index (χ1v) is 7.65. The maximum absolute atomic E-state index is 6.25. The van der Waals surface area contributed by atoms with Crippen molar-refractivity contribution in [1.82, 2.24) is 9.80 Å². The van der Waals surface area contributed by atoms with Crippen LogP contribution in [0.5, 0.6) is 0 Å². The van der Waals surface area contributed by atoms with Crippen molar-refractivity contribution in [2.75, 3.05) is 33.2 Å². The van der Waals surface area contributed by atoms with Crippen molar-refractivity contribution in [3.05, 3.63) is 0 Å². The SMILES string of the molecule is CC1CCC(C)C(CN)(N2CCN(C)C(C)C2)C1. The van der Waals surface area contributed by atoms with Crippen LogP contribution in [-0.4, -0.2) is 54.6 Å². The number of nitrogens with zero attached hydrogens (tertiary/aromatic N) is 2. The van der Waals surface area contributed by atoms with Gasteiger partial charge < -0.3 is 10.6 Å². The van der Waals surface area contributed by atoms with Crippen molar-refractivity contribution in [1.29, 1.82) is 0 Å². The van der Waals surface area contributed by atoms with Crippen molar-refractivity contribution in [3.63, 3.8) is 0 Å². The molecule has 0 aromatic rings.